The summed E-state index contributed by atoms with van der Waals surface area (Å²) in [6.45, 7) is 6.73. The lowest BCUT2D eigenvalue weighted by Gasteiger charge is -1.93. The van der Waals surface area contributed by atoms with Crippen LogP contribution in [0.1, 0.15) is 20.8 Å². The molecular formula is C5H13B. The van der Waals surface area contributed by atoms with Crippen LogP contribution in [0, 0.1) is 0 Å². The molecular weight excluding hydrogens is 70.9 g/mol. The Kier molecular flexibility index (Phi) is 3.30. The summed E-state index contributed by atoms with van der Waals surface area (Å²) in [5, 5.41) is 0. The monoisotopic (exact) mass is 84.1 g/mol. The SMILES string of the molecule is CCBC(C)C. The molecule has 0 aromatic rings. The highest BCUT2D eigenvalue weighted by molar-refractivity contribution is 6.36. The van der Waals surface area contributed by atoms with Gasteiger partial charge in [-0.25, -0.2) is 0 Å². The van der Waals surface area contributed by atoms with Crippen LogP contribution in [0.5, 0.6) is 0 Å². The topological polar surface area (TPSA) is 0 Å². The minimum atomic E-state index is 0.898. The van der Waals surface area contributed by atoms with Crippen molar-refractivity contribution in [2.75, 3.05) is 0 Å². The van der Waals surface area contributed by atoms with Crippen molar-refractivity contribution in [1.29, 1.82) is 0 Å². The van der Waals surface area contributed by atoms with Crippen LogP contribution >= 0.6 is 0 Å². The molecule has 0 amide bonds. The molecule has 0 heterocycles. The van der Waals surface area contributed by atoms with Crippen LogP contribution < -0.4 is 0 Å². The Balaban J connectivity index is 2.63. The predicted octanol–water partition coefficient (Wildman–Crippen LogP) is 1.69. The first-order chi connectivity index (χ1) is 2.77. The maximum absolute atomic E-state index is 2.25. The molecule has 36 valence electrons. The predicted molar refractivity (Wildman–Crippen MR) is 32.7 cm³/mol. The van der Waals surface area contributed by atoms with E-state index in [0.717, 1.165) is 5.82 Å². The first-order valence-electron chi connectivity index (χ1n) is 2.77. The Morgan fingerprint density at radius 1 is 1.50 bits per heavy atom. The van der Waals surface area contributed by atoms with Gasteiger partial charge in [-0.2, -0.15) is 0 Å². The molecule has 0 radical (unpaired) electrons. The molecule has 0 aliphatic heterocycles. The highest BCUT2D eigenvalue weighted by atomic mass is 13.7. The lowest BCUT2D eigenvalue weighted by Crippen LogP contribution is -1.89. The van der Waals surface area contributed by atoms with Crippen LogP contribution in [0.3, 0.4) is 0 Å². The van der Waals surface area contributed by atoms with E-state index in [1.165, 1.54) is 13.6 Å². The van der Waals surface area contributed by atoms with Crippen molar-refractivity contribution in [2.45, 2.75) is 32.9 Å². The first-order valence-corrected chi connectivity index (χ1v) is 2.77. The zero-order valence-electron chi connectivity index (χ0n) is 4.99. The minimum absolute atomic E-state index is 0.898. The van der Waals surface area contributed by atoms with Crippen molar-refractivity contribution in [3.8, 4) is 0 Å². The van der Waals surface area contributed by atoms with Crippen LogP contribution in [-0.2, 0) is 0 Å². The molecule has 1 heteroatoms. The second-order valence-corrected chi connectivity index (χ2v) is 2.18. The van der Waals surface area contributed by atoms with Gasteiger partial charge >= 0.3 is 0 Å². The van der Waals surface area contributed by atoms with E-state index in [2.05, 4.69) is 20.8 Å². The normalized spacial score (nSPS) is 9.33. The third kappa shape index (κ3) is 4.06. The Morgan fingerprint density at radius 2 is 2.00 bits per heavy atom. The maximum atomic E-state index is 2.25. The van der Waals surface area contributed by atoms with Crippen LogP contribution in [0.15, 0.2) is 0 Å². The fourth-order valence-corrected chi connectivity index (χ4v) is 0.577. The van der Waals surface area contributed by atoms with Gasteiger partial charge in [0.1, 0.15) is 7.28 Å². The average molecular weight is 84.0 g/mol. The van der Waals surface area contributed by atoms with Crippen LogP contribution in [0.4, 0.5) is 0 Å². The van der Waals surface area contributed by atoms with Crippen LogP contribution in [0.25, 0.3) is 0 Å². The molecule has 0 aliphatic rings. The third-order valence-electron chi connectivity index (χ3n) is 0.866. The van der Waals surface area contributed by atoms with Crippen LogP contribution in [-0.4, -0.2) is 7.28 Å². The molecule has 6 heavy (non-hydrogen) atoms. The molecule has 0 bridgehead atoms. The van der Waals surface area contributed by atoms with E-state index in [1.54, 1.807) is 0 Å². The zero-order chi connectivity index (χ0) is 4.99. The fraction of sp³-hybridized carbons (Fsp3) is 1.00. The van der Waals surface area contributed by atoms with E-state index in [9.17, 15) is 0 Å². The second kappa shape index (κ2) is 3.26. The van der Waals surface area contributed by atoms with Crippen molar-refractivity contribution in [3.63, 3.8) is 0 Å². The molecule has 0 aliphatic carbocycles. The molecule has 0 N–H and O–H groups in total. The largest absolute Gasteiger partial charge is 0.123 e. The van der Waals surface area contributed by atoms with E-state index in [1.807, 2.05) is 0 Å². The molecule has 0 aromatic carbocycles. The van der Waals surface area contributed by atoms with Gasteiger partial charge in [0.2, 0.25) is 0 Å². The zero-order valence-corrected chi connectivity index (χ0v) is 4.99. The summed E-state index contributed by atoms with van der Waals surface area (Å²) in [6, 6.07) is 0. The summed E-state index contributed by atoms with van der Waals surface area (Å²) in [5.74, 6) is 0.898. The molecule has 0 saturated carbocycles. The van der Waals surface area contributed by atoms with Gasteiger partial charge in [-0.05, 0) is 0 Å². The summed E-state index contributed by atoms with van der Waals surface area (Å²) in [4.78, 5) is 0. The second-order valence-electron chi connectivity index (χ2n) is 2.18. The summed E-state index contributed by atoms with van der Waals surface area (Å²) >= 11 is 0. The number of rotatable bonds is 2. The van der Waals surface area contributed by atoms with Gasteiger partial charge in [-0.15, -0.1) is 0 Å². The highest BCUT2D eigenvalue weighted by Crippen LogP contribution is 1.97. The van der Waals surface area contributed by atoms with E-state index in [-0.39, 0.29) is 0 Å². The van der Waals surface area contributed by atoms with E-state index >= 15 is 0 Å². The van der Waals surface area contributed by atoms with Gasteiger partial charge in [-0.1, -0.05) is 32.9 Å². The van der Waals surface area contributed by atoms with E-state index in [4.69, 9.17) is 0 Å². The Hall–Kier alpha value is 0.0649. The lowest BCUT2D eigenvalue weighted by atomic mass is 9.64. The van der Waals surface area contributed by atoms with Crippen LogP contribution in [0.2, 0.25) is 12.1 Å². The molecule has 0 saturated heterocycles. The van der Waals surface area contributed by atoms with Crippen molar-refractivity contribution >= 4 is 7.28 Å². The summed E-state index contributed by atoms with van der Waals surface area (Å²) in [5.41, 5.74) is 0. The third-order valence-corrected chi connectivity index (χ3v) is 0.866. The van der Waals surface area contributed by atoms with Gasteiger partial charge in [0, 0.05) is 0 Å². The number of hydrogen-bond donors (Lipinski definition) is 0. The summed E-state index contributed by atoms with van der Waals surface area (Å²) in [7, 11) is 1.38. The smallest absolute Gasteiger partial charge is 0.0801 e. The number of hydrogen-bond acceptors (Lipinski definition) is 0. The molecule has 0 fully saturated rings. The average Bonchev–Trinajstić information content (AvgIpc) is 1.35. The lowest BCUT2D eigenvalue weighted by molar-refractivity contribution is 1.05. The van der Waals surface area contributed by atoms with Crippen molar-refractivity contribution in [3.05, 3.63) is 0 Å². The molecule has 0 aromatic heterocycles. The van der Waals surface area contributed by atoms with Gasteiger partial charge < -0.3 is 0 Å². The summed E-state index contributed by atoms with van der Waals surface area (Å²) in [6.07, 6.45) is 1.33. The standard InChI is InChI=1S/C5H13B/c1-4-6-5(2)3/h5-6H,4H2,1-3H3. The molecule has 0 spiro atoms. The quantitative estimate of drug-likeness (QED) is 0.446. The molecule has 0 nitrogen and oxygen atoms in total. The van der Waals surface area contributed by atoms with Crippen molar-refractivity contribution in [1.82, 2.24) is 0 Å². The molecule has 0 rings (SSSR count). The Labute approximate surface area is 41.2 Å². The first kappa shape index (κ1) is 6.06. The molecule has 0 atom stereocenters. The highest BCUT2D eigenvalue weighted by Gasteiger charge is 1.89. The van der Waals surface area contributed by atoms with Crippen molar-refractivity contribution < 1.29 is 0 Å². The van der Waals surface area contributed by atoms with E-state index < -0.39 is 0 Å². The van der Waals surface area contributed by atoms with Gasteiger partial charge in [0.05, 0.1) is 0 Å². The fourth-order valence-electron chi connectivity index (χ4n) is 0.577. The molecule has 0 unspecified atom stereocenters. The van der Waals surface area contributed by atoms with E-state index in [0.29, 0.717) is 0 Å². The van der Waals surface area contributed by atoms with Gasteiger partial charge in [0.15, 0.2) is 0 Å². The van der Waals surface area contributed by atoms with Crippen molar-refractivity contribution in [2.24, 2.45) is 0 Å². The van der Waals surface area contributed by atoms with Gasteiger partial charge in [-0.3, -0.25) is 0 Å². The Bertz CT molecular complexity index is 25.1. The van der Waals surface area contributed by atoms with Gasteiger partial charge in [0.25, 0.3) is 0 Å². The Morgan fingerprint density at radius 3 is 2.00 bits per heavy atom. The summed E-state index contributed by atoms with van der Waals surface area (Å²) < 4.78 is 0. The minimum Gasteiger partial charge on any atom is -0.0801 e. The maximum Gasteiger partial charge on any atom is 0.123 e.